The fraction of sp³-hybridized carbons (Fsp3) is 0.480. The number of hydrogen-bond acceptors (Lipinski definition) is 6. The van der Waals surface area contributed by atoms with Crippen LogP contribution in [0.3, 0.4) is 0 Å². The molecule has 1 N–H and O–H groups in total. The van der Waals surface area contributed by atoms with E-state index in [2.05, 4.69) is 28.9 Å². The second kappa shape index (κ2) is 9.17. The summed E-state index contributed by atoms with van der Waals surface area (Å²) in [4.78, 5) is 39.6. The number of carbonyl (C=O) groups excluding carboxylic acids is 1. The Balaban J connectivity index is 1.19. The van der Waals surface area contributed by atoms with Crippen molar-refractivity contribution in [2.24, 2.45) is 5.92 Å². The molecule has 1 amide bonds. The van der Waals surface area contributed by atoms with Crippen LogP contribution < -0.4 is 15.2 Å². The van der Waals surface area contributed by atoms with Gasteiger partial charge < -0.3 is 19.5 Å². The minimum Gasteiger partial charge on any atom is -0.497 e. The highest BCUT2D eigenvalue weighted by Crippen LogP contribution is 2.35. The van der Waals surface area contributed by atoms with Gasteiger partial charge in [-0.3, -0.25) is 9.59 Å². The number of nitrogens with one attached hydrogen (secondary N) is 1. The van der Waals surface area contributed by atoms with Crippen molar-refractivity contribution in [3.05, 3.63) is 50.9 Å². The number of H-pyrrole nitrogens is 1. The third-order valence-corrected chi connectivity index (χ3v) is 8.01. The molecule has 2 aromatic heterocycles. The summed E-state index contributed by atoms with van der Waals surface area (Å²) < 4.78 is 5.23. The van der Waals surface area contributed by atoms with Gasteiger partial charge in [-0.2, -0.15) is 0 Å². The third kappa shape index (κ3) is 4.49. The number of aromatic amines is 1. The van der Waals surface area contributed by atoms with Crippen LogP contribution in [0.15, 0.2) is 29.1 Å². The summed E-state index contributed by atoms with van der Waals surface area (Å²) in [5, 5.41) is 0.770. The fourth-order valence-corrected chi connectivity index (χ4v) is 6.30. The van der Waals surface area contributed by atoms with Crippen molar-refractivity contribution in [1.29, 1.82) is 0 Å². The third-order valence-electron chi connectivity index (χ3n) is 6.86. The molecule has 174 valence electrons. The van der Waals surface area contributed by atoms with Crippen LogP contribution >= 0.6 is 11.3 Å². The van der Waals surface area contributed by atoms with E-state index in [0.29, 0.717) is 37.7 Å². The Morgan fingerprint density at radius 2 is 1.97 bits per heavy atom. The van der Waals surface area contributed by atoms with E-state index < -0.39 is 0 Å². The number of benzene rings is 1. The highest BCUT2D eigenvalue weighted by molar-refractivity contribution is 7.18. The minimum absolute atomic E-state index is 0.0531. The average Bonchev–Trinajstić information content (AvgIpc) is 3.20. The number of thiophene rings is 1. The van der Waals surface area contributed by atoms with E-state index in [0.717, 1.165) is 54.0 Å². The number of fused-ring (bicyclic) bond motifs is 3. The van der Waals surface area contributed by atoms with Crippen molar-refractivity contribution in [2.45, 2.75) is 39.0 Å². The Morgan fingerprint density at radius 1 is 1.21 bits per heavy atom. The van der Waals surface area contributed by atoms with Gasteiger partial charge >= 0.3 is 0 Å². The lowest BCUT2D eigenvalue weighted by atomic mass is 9.89. The molecule has 0 saturated carbocycles. The lowest BCUT2D eigenvalue weighted by Gasteiger charge is -2.36. The average molecular weight is 467 g/mol. The fourth-order valence-electron chi connectivity index (χ4n) is 4.90. The van der Waals surface area contributed by atoms with Crippen molar-refractivity contribution in [2.75, 3.05) is 38.2 Å². The number of aromatic nitrogens is 2. The van der Waals surface area contributed by atoms with Gasteiger partial charge in [-0.05, 0) is 55.0 Å². The summed E-state index contributed by atoms with van der Waals surface area (Å²) >= 11 is 1.65. The lowest BCUT2D eigenvalue weighted by molar-refractivity contribution is -0.131. The van der Waals surface area contributed by atoms with Crippen molar-refractivity contribution >= 4 is 33.1 Å². The van der Waals surface area contributed by atoms with Gasteiger partial charge in [0.15, 0.2) is 0 Å². The molecule has 1 atom stereocenters. The number of rotatable bonds is 5. The highest BCUT2D eigenvalue weighted by atomic mass is 32.1. The van der Waals surface area contributed by atoms with Gasteiger partial charge in [-0.1, -0.05) is 6.92 Å². The van der Waals surface area contributed by atoms with E-state index in [1.54, 1.807) is 18.4 Å². The summed E-state index contributed by atoms with van der Waals surface area (Å²) in [6, 6.07) is 8.03. The van der Waals surface area contributed by atoms with Crippen LogP contribution in [0.2, 0.25) is 0 Å². The Morgan fingerprint density at radius 3 is 2.70 bits per heavy atom. The first kappa shape index (κ1) is 21.9. The smallest absolute Gasteiger partial charge is 0.259 e. The zero-order valence-electron chi connectivity index (χ0n) is 19.2. The molecule has 1 fully saturated rings. The summed E-state index contributed by atoms with van der Waals surface area (Å²) in [5.74, 6) is 2.23. The number of anilines is 1. The lowest BCUT2D eigenvalue weighted by Crippen LogP contribution is -2.48. The summed E-state index contributed by atoms with van der Waals surface area (Å²) in [6.45, 7) is 5.27. The summed E-state index contributed by atoms with van der Waals surface area (Å²) in [6.07, 6.45) is 3.94. The van der Waals surface area contributed by atoms with Gasteiger partial charge in [0.25, 0.3) is 5.56 Å². The highest BCUT2D eigenvalue weighted by Gasteiger charge is 2.24. The number of ether oxygens (including phenoxy) is 1. The molecule has 0 radical (unpaired) electrons. The van der Waals surface area contributed by atoms with Crippen molar-refractivity contribution in [1.82, 2.24) is 14.9 Å². The van der Waals surface area contributed by atoms with E-state index >= 15 is 0 Å². The second-order valence-corrected chi connectivity index (χ2v) is 10.2. The summed E-state index contributed by atoms with van der Waals surface area (Å²) in [7, 11) is 1.66. The molecular formula is C25H30N4O3S. The van der Waals surface area contributed by atoms with Gasteiger partial charge in [0.05, 0.1) is 12.5 Å². The first-order chi connectivity index (χ1) is 16.0. The first-order valence-electron chi connectivity index (χ1n) is 11.7. The number of aryl methyl sites for hydroxylation is 2. The zero-order valence-corrected chi connectivity index (χ0v) is 20.0. The Bertz CT molecular complexity index is 1210. The maximum absolute atomic E-state index is 12.8. The zero-order chi connectivity index (χ0) is 22.9. The molecule has 1 aliphatic carbocycles. The van der Waals surface area contributed by atoms with E-state index in [4.69, 9.17) is 9.72 Å². The molecule has 0 spiro atoms. The number of nitrogens with zero attached hydrogens (tertiary/aromatic N) is 3. The molecule has 2 aliphatic rings. The van der Waals surface area contributed by atoms with Crippen molar-refractivity contribution < 1.29 is 9.53 Å². The molecule has 7 nitrogen and oxygen atoms in total. The molecule has 1 saturated heterocycles. The van der Waals surface area contributed by atoms with E-state index in [1.807, 2.05) is 17.0 Å². The summed E-state index contributed by atoms with van der Waals surface area (Å²) in [5.41, 5.74) is 2.29. The Hall–Kier alpha value is -2.87. The Kier molecular flexibility index (Phi) is 6.10. The van der Waals surface area contributed by atoms with Crippen molar-refractivity contribution in [3.63, 3.8) is 0 Å². The normalized spacial score (nSPS) is 18.4. The van der Waals surface area contributed by atoms with Crippen LogP contribution in [0.25, 0.3) is 10.2 Å². The Labute approximate surface area is 197 Å². The molecule has 3 aromatic rings. The number of methoxy groups -OCH3 is 1. The van der Waals surface area contributed by atoms with Gasteiger partial charge in [-0.25, -0.2) is 4.98 Å². The van der Waals surface area contributed by atoms with Crippen LogP contribution in [0.1, 0.15) is 36.0 Å². The topological polar surface area (TPSA) is 78.5 Å². The predicted octanol–water partition coefficient (Wildman–Crippen LogP) is 3.40. The quantitative estimate of drug-likeness (QED) is 0.624. The van der Waals surface area contributed by atoms with Gasteiger partial charge in [0.1, 0.15) is 16.4 Å². The number of amides is 1. The maximum atomic E-state index is 12.8. The number of carbonyl (C=O) groups is 1. The predicted molar refractivity (Wildman–Crippen MR) is 132 cm³/mol. The van der Waals surface area contributed by atoms with Gasteiger partial charge in [-0.15, -0.1) is 11.3 Å². The minimum atomic E-state index is -0.0531. The van der Waals surface area contributed by atoms with E-state index in [-0.39, 0.29) is 11.5 Å². The maximum Gasteiger partial charge on any atom is 0.259 e. The van der Waals surface area contributed by atoms with Gasteiger partial charge in [0, 0.05) is 49.6 Å². The molecule has 1 aromatic carbocycles. The van der Waals surface area contributed by atoms with Crippen LogP contribution in [0.5, 0.6) is 5.75 Å². The largest absolute Gasteiger partial charge is 0.497 e. The number of piperazine rings is 1. The standard InChI is InChI=1S/C25H30N4O3S/c1-16-3-8-19-20(15-16)33-25-23(19)24(31)26-21(27-25)9-10-22(30)29-13-11-28(12-14-29)17-4-6-18(32-2)7-5-17/h4-7,16H,3,8-15H2,1-2H3,(H,26,27,31)/t16-/m1/s1. The monoisotopic (exact) mass is 466 g/mol. The van der Waals surface area contributed by atoms with Crippen LogP contribution in [0, 0.1) is 5.92 Å². The molecule has 3 heterocycles. The molecular weight excluding hydrogens is 436 g/mol. The molecule has 5 rings (SSSR count). The SMILES string of the molecule is COc1ccc(N2CCN(C(=O)CCc3nc4sc5c(c4c(=O)[nH]3)CC[C@@H](C)C5)CC2)cc1. The van der Waals surface area contributed by atoms with Crippen LogP contribution in [0.4, 0.5) is 5.69 Å². The van der Waals surface area contributed by atoms with E-state index in [9.17, 15) is 9.59 Å². The van der Waals surface area contributed by atoms with E-state index in [1.165, 1.54) is 10.4 Å². The molecule has 0 bridgehead atoms. The first-order valence-corrected chi connectivity index (χ1v) is 12.5. The van der Waals surface area contributed by atoms with Gasteiger partial charge in [0.2, 0.25) is 5.91 Å². The molecule has 8 heteroatoms. The number of hydrogen-bond donors (Lipinski definition) is 1. The molecule has 0 unspecified atom stereocenters. The van der Waals surface area contributed by atoms with Crippen LogP contribution in [-0.2, 0) is 24.1 Å². The molecule has 33 heavy (non-hydrogen) atoms. The second-order valence-electron chi connectivity index (χ2n) is 9.11. The molecule has 1 aliphatic heterocycles. The van der Waals surface area contributed by atoms with Crippen LogP contribution in [-0.4, -0.2) is 54.1 Å². The van der Waals surface area contributed by atoms with Crippen molar-refractivity contribution in [3.8, 4) is 5.75 Å².